The fourth-order valence-electron chi connectivity index (χ4n) is 3.03. The number of nitrogens with zero attached hydrogens (tertiary/aromatic N) is 1. The lowest BCUT2D eigenvalue weighted by atomic mass is 9.88. The molecule has 0 aliphatic carbocycles. The Kier molecular flexibility index (Phi) is 11.2. The van der Waals surface area contributed by atoms with Crippen LogP contribution in [0.5, 0.6) is 0 Å². The van der Waals surface area contributed by atoms with E-state index >= 15 is 0 Å². The third-order valence-electron chi connectivity index (χ3n) is 4.97. The van der Waals surface area contributed by atoms with Crippen molar-refractivity contribution >= 4 is 17.7 Å². The molecule has 164 valence electrons. The van der Waals surface area contributed by atoms with E-state index in [0.29, 0.717) is 11.5 Å². The van der Waals surface area contributed by atoms with E-state index in [1.165, 1.54) is 0 Å². The molecule has 0 spiro atoms. The minimum Gasteiger partial charge on any atom is -0.308 e. The lowest BCUT2D eigenvalue weighted by Gasteiger charge is -2.17. The molecule has 0 bridgehead atoms. The number of benzene rings is 1. The molecule has 0 aliphatic rings. The Morgan fingerprint density at radius 1 is 1.23 bits per heavy atom. The van der Waals surface area contributed by atoms with Gasteiger partial charge in [0, 0.05) is 41.1 Å². The number of rotatable bonds is 11. The van der Waals surface area contributed by atoms with Gasteiger partial charge >= 0.3 is 0 Å². The van der Waals surface area contributed by atoms with Gasteiger partial charge in [-0.1, -0.05) is 71.8 Å². The molecule has 0 aliphatic heterocycles. The highest BCUT2D eigenvalue weighted by Crippen LogP contribution is 2.22. The van der Waals surface area contributed by atoms with E-state index in [2.05, 4.69) is 59.6 Å². The van der Waals surface area contributed by atoms with Gasteiger partial charge in [-0.15, -0.1) is 0 Å². The van der Waals surface area contributed by atoms with E-state index in [1.54, 1.807) is 6.07 Å². The zero-order valence-corrected chi connectivity index (χ0v) is 19.7. The standard InChI is InChI=1S/C28H36N2O/c1-8-11-12-13-24-14-15-25(26(17-24)28(31)22(7)18-29)27(21(6)9-2)30-19-23(10-3)16-20(4)5/h10,14-15,17-21,29H,3,7-9,11,16H2,1-2,4-6H3/b23-19+,29-18?,30-27+. The molecule has 3 heteroatoms. The lowest BCUT2D eigenvalue weighted by molar-refractivity contribution is 0.104. The van der Waals surface area contributed by atoms with Crippen LogP contribution in [0.15, 0.2) is 59.8 Å². The Labute approximate surface area is 188 Å². The molecule has 0 amide bonds. The smallest absolute Gasteiger partial charge is 0.194 e. The molecule has 0 saturated carbocycles. The van der Waals surface area contributed by atoms with Gasteiger partial charge in [-0.25, -0.2) is 0 Å². The predicted molar refractivity (Wildman–Crippen MR) is 134 cm³/mol. The molecule has 1 unspecified atom stereocenters. The Balaban J connectivity index is 3.67. The van der Waals surface area contributed by atoms with Crippen molar-refractivity contribution in [3.8, 4) is 11.8 Å². The van der Waals surface area contributed by atoms with Crippen LogP contribution >= 0.6 is 0 Å². The van der Waals surface area contributed by atoms with Crippen LogP contribution < -0.4 is 0 Å². The second-order valence-corrected chi connectivity index (χ2v) is 8.14. The topological polar surface area (TPSA) is 53.3 Å². The summed E-state index contributed by atoms with van der Waals surface area (Å²) in [5.74, 6) is 6.65. The maximum absolute atomic E-state index is 13.0. The quantitative estimate of drug-likeness (QED) is 0.134. The summed E-state index contributed by atoms with van der Waals surface area (Å²) in [5, 5.41) is 7.48. The van der Waals surface area contributed by atoms with Crippen molar-refractivity contribution in [2.45, 2.75) is 60.3 Å². The maximum atomic E-state index is 13.0. The average Bonchev–Trinajstić information content (AvgIpc) is 2.77. The van der Waals surface area contributed by atoms with Gasteiger partial charge in [0.2, 0.25) is 0 Å². The second kappa shape index (κ2) is 13.3. The normalized spacial score (nSPS) is 12.7. The van der Waals surface area contributed by atoms with Crippen molar-refractivity contribution in [3.05, 3.63) is 71.5 Å². The number of carbonyl (C=O) groups excluding carboxylic acids is 1. The van der Waals surface area contributed by atoms with Crippen molar-refractivity contribution in [1.82, 2.24) is 0 Å². The molecule has 1 rings (SSSR count). The van der Waals surface area contributed by atoms with Gasteiger partial charge in [0.05, 0.1) is 5.71 Å². The molecule has 1 atom stereocenters. The molecule has 0 heterocycles. The summed E-state index contributed by atoms with van der Waals surface area (Å²) in [6.45, 7) is 18.3. The van der Waals surface area contributed by atoms with Crippen molar-refractivity contribution in [1.29, 1.82) is 5.41 Å². The van der Waals surface area contributed by atoms with Crippen molar-refractivity contribution in [2.75, 3.05) is 0 Å². The fraction of sp³-hybridized carbons (Fsp3) is 0.393. The van der Waals surface area contributed by atoms with Gasteiger partial charge in [0.15, 0.2) is 5.78 Å². The summed E-state index contributed by atoms with van der Waals surface area (Å²) in [7, 11) is 0. The largest absolute Gasteiger partial charge is 0.308 e. The third-order valence-corrected chi connectivity index (χ3v) is 4.97. The molecule has 0 aromatic heterocycles. The van der Waals surface area contributed by atoms with Crippen molar-refractivity contribution < 1.29 is 4.79 Å². The Hall–Kier alpha value is -2.99. The minimum atomic E-state index is -0.268. The average molecular weight is 417 g/mol. The molecule has 0 saturated heterocycles. The van der Waals surface area contributed by atoms with Gasteiger partial charge in [0.1, 0.15) is 0 Å². The van der Waals surface area contributed by atoms with Crippen molar-refractivity contribution in [3.63, 3.8) is 0 Å². The highest BCUT2D eigenvalue weighted by atomic mass is 16.1. The minimum absolute atomic E-state index is 0.144. The molecule has 1 N–H and O–H groups in total. The molecule has 1 aromatic rings. The Morgan fingerprint density at radius 2 is 1.94 bits per heavy atom. The van der Waals surface area contributed by atoms with Gasteiger partial charge in [0.25, 0.3) is 0 Å². The summed E-state index contributed by atoms with van der Waals surface area (Å²) >= 11 is 0. The number of allylic oxidation sites excluding steroid dienone is 3. The molecular formula is C28H36N2O. The van der Waals surface area contributed by atoms with Gasteiger partial charge < -0.3 is 5.41 Å². The summed E-state index contributed by atoms with van der Waals surface area (Å²) < 4.78 is 0. The lowest BCUT2D eigenvalue weighted by Crippen LogP contribution is -2.17. The molecule has 1 aromatic carbocycles. The first-order chi connectivity index (χ1) is 14.8. The van der Waals surface area contributed by atoms with E-state index in [1.807, 2.05) is 24.4 Å². The van der Waals surface area contributed by atoms with Crippen LogP contribution in [-0.4, -0.2) is 17.7 Å². The highest BCUT2D eigenvalue weighted by molar-refractivity contribution is 6.24. The first-order valence-electron chi connectivity index (χ1n) is 11.0. The zero-order chi connectivity index (χ0) is 23.4. The van der Waals surface area contributed by atoms with Crippen LogP contribution in [0.3, 0.4) is 0 Å². The molecular weight excluding hydrogens is 380 g/mol. The molecule has 0 fully saturated rings. The van der Waals surface area contributed by atoms with Crippen LogP contribution in [-0.2, 0) is 0 Å². The molecule has 31 heavy (non-hydrogen) atoms. The van der Waals surface area contributed by atoms with Crippen LogP contribution in [0.2, 0.25) is 0 Å². The monoisotopic (exact) mass is 416 g/mol. The van der Waals surface area contributed by atoms with Gasteiger partial charge in [-0.05, 0) is 48.8 Å². The third kappa shape index (κ3) is 7.98. The second-order valence-electron chi connectivity index (χ2n) is 8.14. The van der Waals surface area contributed by atoms with E-state index < -0.39 is 0 Å². The van der Waals surface area contributed by atoms with Crippen LogP contribution in [0.4, 0.5) is 0 Å². The van der Waals surface area contributed by atoms with Crippen molar-refractivity contribution in [2.24, 2.45) is 16.8 Å². The Morgan fingerprint density at radius 3 is 2.48 bits per heavy atom. The summed E-state index contributed by atoms with van der Waals surface area (Å²) in [6.07, 6.45) is 8.28. The van der Waals surface area contributed by atoms with E-state index in [-0.39, 0.29) is 17.3 Å². The maximum Gasteiger partial charge on any atom is 0.194 e. The summed E-state index contributed by atoms with van der Waals surface area (Å²) in [5.41, 5.74) is 4.10. The number of carbonyl (C=O) groups is 1. The van der Waals surface area contributed by atoms with E-state index in [9.17, 15) is 4.79 Å². The molecule has 3 nitrogen and oxygen atoms in total. The SMILES string of the molecule is C=C/C(=C\N=C(\c1ccc(C#CCCC)cc1C(=O)C(=C)C=N)C(C)CC)CC(C)C. The molecule has 0 radical (unpaired) electrons. The number of Topliss-reactive ketones (excluding diaryl/α,β-unsaturated/α-hetero) is 1. The number of nitrogens with one attached hydrogen (secondary N) is 1. The van der Waals surface area contributed by atoms with Crippen LogP contribution in [0, 0.1) is 29.1 Å². The number of aliphatic imine (C=N–C) groups is 1. The number of ketones is 1. The highest BCUT2D eigenvalue weighted by Gasteiger charge is 2.20. The number of hydrogen-bond donors (Lipinski definition) is 1. The van der Waals surface area contributed by atoms with Gasteiger partial charge in [-0.2, -0.15) is 0 Å². The predicted octanol–water partition coefficient (Wildman–Crippen LogP) is 7.18. The van der Waals surface area contributed by atoms with E-state index in [0.717, 1.165) is 54.3 Å². The summed E-state index contributed by atoms with van der Waals surface area (Å²) in [4.78, 5) is 17.9. The summed E-state index contributed by atoms with van der Waals surface area (Å²) in [6, 6.07) is 5.67. The number of hydrogen-bond acceptors (Lipinski definition) is 3. The number of unbranched alkanes of at least 4 members (excludes halogenated alkanes) is 1. The fourth-order valence-corrected chi connectivity index (χ4v) is 3.03. The van der Waals surface area contributed by atoms with Crippen LogP contribution in [0.1, 0.15) is 81.8 Å². The van der Waals surface area contributed by atoms with E-state index in [4.69, 9.17) is 10.4 Å². The Bertz CT molecular complexity index is 935. The van der Waals surface area contributed by atoms with Gasteiger partial charge in [-0.3, -0.25) is 9.79 Å². The first-order valence-corrected chi connectivity index (χ1v) is 11.0. The zero-order valence-electron chi connectivity index (χ0n) is 19.7. The first kappa shape index (κ1) is 26.0. The van der Waals surface area contributed by atoms with Crippen LogP contribution in [0.25, 0.3) is 0 Å².